The highest BCUT2D eigenvalue weighted by Crippen LogP contribution is 2.14. The summed E-state index contributed by atoms with van der Waals surface area (Å²) in [6, 6.07) is 6.97. The van der Waals surface area contributed by atoms with Crippen molar-refractivity contribution in [3.8, 4) is 5.75 Å². The Balaban J connectivity index is 2.48. The molecule has 18 heavy (non-hydrogen) atoms. The summed E-state index contributed by atoms with van der Waals surface area (Å²) in [4.78, 5) is 22.5. The standard InChI is InChI=1S/C14H19NO3/c1-11(16)3-8-14(17)12-4-6-13(7-5-12)18-10-2-9-15/h4-7H,2-3,8-10,15H2,1H3. The molecule has 1 aromatic carbocycles. The molecule has 0 radical (unpaired) electrons. The van der Waals surface area contributed by atoms with Crippen LogP contribution in [0.5, 0.6) is 5.75 Å². The molecule has 0 bridgehead atoms. The Morgan fingerprint density at radius 2 is 1.83 bits per heavy atom. The van der Waals surface area contributed by atoms with Gasteiger partial charge in [-0.05, 0) is 44.2 Å². The molecular formula is C14H19NO3. The predicted octanol–water partition coefficient (Wildman–Crippen LogP) is 1.97. The van der Waals surface area contributed by atoms with E-state index < -0.39 is 0 Å². The first-order valence-electron chi connectivity index (χ1n) is 6.09. The molecule has 0 heterocycles. The number of rotatable bonds is 8. The third-order valence-corrected chi connectivity index (χ3v) is 2.50. The minimum absolute atomic E-state index is 0.0151. The van der Waals surface area contributed by atoms with E-state index in [2.05, 4.69) is 0 Å². The van der Waals surface area contributed by atoms with Gasteiger partial charge in [0.25, 0.3) is 0 Å². The summed E-state index contributed by atoms with van der Waals surface area (Å²) >= 11 is 0. The normalized spacial score (nSPS) is 10.1. The van der Waals surface area contributed by atoms with Gasteiger partial charge in [0.1, 0.15) is 11.5 Å². The maximum absolute atomic E-state index is 11.7. The first kappa shape index (κ1) is 14.4. The van der Waals surface area contributed by atoms with E-state index in [9.17, 15) is 9.59 Å². The molecule has 0 unspecified atom stereocenters. The van der Waals surface area contributed by atoms with Crippen LogP contribution in [0.1, 0.15) is 36.5 Å². The summed E-state index contributed by atoms with van der Waals surface area (Å²) in [5, 5.41) is 0. The highest BCUT2D eigenvalue weighted by molar-refractivity contribution is 5.98. The third-order valence-electron chi connectivity index (χ3n) is 2.50. The smallest absolute Gasteiger partial charge is 0.163 e. The van der Waals surface area contributed by atoms with Gasteiger partial charge in [0, 0.05) is 18.4 Å². The average Bonchev–Trinajstić information content (AvgIpc) is 2.37. The van der Waals surface area contributed by atoms with Gasteiger partial charge in [0.15, 0.2) is 5.78 Å². The second kappa shape index (κ2) is 7.61. The van der Waals surface area contributed by atoms with Crippen LogP contribution in [0.25, 0.3) is 0 Å². The van der Waals surface area contributed by atoms with E-state index in [1.165, 1.54) is 6.92 Å². The van der Waals surface area contributed by atoms with Crippen molar-refractivity contribution in [1.29, 1.82) is 0 Å². The van der Waals surface area contributed by atoms with Crippen molar-refractivity contribution in [3.63, 3.8) is 0 Å². The van der Waals surface area contributed by atoms with Crippen molar-refractivity contribution in [1.82, 2.24) is 0 Å². The quantitative estimate of drug-likeness (QED) is 0.565. The van der Waals surface area contributed by atoms with Gasteiger partial charge in [-0.3, -0.25) is 4.79 Å². The predicted molar refractivity (Wildman–Crippen MR) is 69.9 cm³/mol. The Bertz CT molecular complexity index is 398. The fourth-order valence-corrected chi connectivity index (χ4v) is 1.44. The molecule has 4 heteroatoms. The molecule has 0 saturated heterocycles. The van der Waals surface area contributed by atoms with Gasteiger partial charge in [-0.15, -0.1) is 0 Å². The summed E-state index contributed by atoms with van der Waals surface area (Å²) < 4.78 is 5.43. The molecule has 0 fully saturated rings. The average molecular weight is 249 g/mol. The van der Waals surface area contributed by atoms with Gasteiger partial charge >= 0.3 is 0 Å². The molecule has 1 aromatic rings. The van der Waals surface area contributed by atoms with Gasteiger partial charge in [-0.25, -0.2) is 0 Å². The van der Waals surface area contributed by atoms with E-state index in [0.29, 0.717) is 25.1 Å². The van der Waals surface area contributed by atoms with Gasteiger partial charge in [0.2, 0.25) is 0 Å². The van der Waals surface area contributed by atoms with Crippen molar-refractivity contribution in [3.05, 3.63) is 29.8 Å². The molecule has 0 aliphatic rings. The zero-order chi connectivity index (χ0) is 13.4. The highest BCUT2D eigenvalue weighted by Gasteiger charge is 2.07. The van der Waals surface area contributed by atoms with Crippen LogP contribution < -0.4 is 10.5 Å². The van der Waals surface area contributed by atoms with Crippen LogP contribution >= 0.6 is 0 Å². The molecule has 98 valence electrons. The molecule has 0 aliphatic heterocycles. The largest absolute Gasteiger partial charge is 0.494 e. The van der Waals surface area contributed by atoms with Crippen molar-refractivity contribution in [2.45, 2.75) is 26.2 Å². The van der Waals surface area contributed by atoms with Crippen LogP contribution in [-0.2, 0) is 4.79 Å². The first-order chi connectivity index (χ1) is 8.63. The summed E-state index contributed by atoms with van der Waals surface area (Å²) in [7, 11) is 0. The van der Waals surface area contributed by atoms with Gasteiger partial charge in [0.05, 0.1) is 6.61 Å². The molecule has 1 rings (SSSR count). The Hall–Kier alpha value is -1.68. The number of benzene rings is 1. The lowest BCUT2D eigenvalue weighted by Gasteiger charge is -2.06. The Morgan fingerprint density at radius 1 is 1.17 bits per heavy atom. The number of ketones is 2. The van der Waals surface area contributed by atoms with E-state index in [1.807, 2.05) is 0 Å². The van der Waals surface area contributed by atoms with Crippen LogP contribution in [-0.4, -0.2) is 24.7 Å². The van der Waals surface area contributed by atoms with Gasteiger partial charge < -0.3 is 15.3 Å². The summed E-state index contributed by atoms with van der Waals surface area (Å²) in [5.74, 6) is 0.746. The number of Topliss-reactive ketones (excluding diaryl/α,β-unsaturated/α-hetero) is 2. The second-order valence-corrected chi connectivity index (χ2v) is 4.14. The van der Waals surface area contributed by atoms with E-state index in [1.54, 1.807) is 24.3 Å². The summed E-state index contributed by atoms with van der Waals surface area (Å²) in [6.45, 7) is 2.66. The van der Waals surface area contributed by atoms with Crippen LogP contribution in [0.4, 0.5) is 0 Å². The first-order valence-corrected chi connectivity index (χ1v) is 6.09. The highest BCUT2D eigenvalue weighted by atomic mass is 16.5. The van der Waals surface area contributed by atoms with Crippen molar-refractivity contribution >= 4 is 11.6 Å². The number of carbonyl (C=O) groups excluding carboxylic acids is 2. The maximum Gasteiger partial charge on any atom is 0.163 e. The molecule has 0 atom stereocenters. The molecule has 0 aromatic heterocycles. The minimum Gasteiger partial charge on any atom is -0.494 e. The lowest BCUT2D eigenvalue weighted by molar-refractivity contribution is -0.116. The minimum atomic E-state index is -0.0151. The van der Waals surface area contributed by atoms with E-state index in [4.69, 9.17) is 10.5 Å². The van der Waals surface area contributed by atoms with E-state index >= 15 is 0 Å². The Morgan fingerprint density at radius 3 is 2.39 bits per heavy atom. The Labute approximate surface area is 107 Å². The van der Waals surface area contributed by atoms with Gasteiger partial charge in [-0.2, -0.15) is 0 Å². The van der Waals surface area contributed by atoms with Crippen molar-refractivity contribution < 1.29 is 14.3 Å². The fraction of sp³-hybridized carbons (Fsp3) is 0.429. The van der Waals surface area contributed by atoms with Crippen LogP contribution in [0.2, 0.25) is 0 Å². The van der Waals surface area contributed by atoms with Crippen molar-refractivity contribution in [2.75, 3.05) is 13.2 Å². The number of ether oxygens (including phenoxy) is 1. The number of carbonyl (C=O) groups is 2. The lowest BCUT2D eigenvalue weighted by atomic mass is 10.1. The maximum atomic E-state index is 11.7. The monoisotopic (exact) mass is 249 g/mol. The third kappa shape index (κ3) is 5.10. The lowest BCUT2D eigenvalue weighted by Crippen LogP contribution is -2.06. The second-order valence-electron chi connectivity index (χ2n) is 4.14. The van der Waals surface area contributed by atoms with Gasteiger partial charge in [-0.1, -0.05) is 0 Å². The SMILES string of the molecule is CC(=O)CCC(=O)c1ccc(OCCCN)cc1. The molecule has 2 N–H and O–H groups in total. The Kier molecular flexibility index (Phi) is 6.08. The fourth-order valence-electron chi connectivity index (χ4n) is 1.44. The zero-order valence-electron chi connectivity index (χ0n) is 10.6. The number of hydrogen-bond donors (Lipinski definition) is 1. The van der Waals surface area contributed by atoms with E-state index in [-0.39, 0.29) is 18.0 Å². The van der Waals surface area contributed by atoms with E-state index in [0.717, 1.165) is 12.2 Å². The van der Waals surface area contributed by atoms with Crippen LogP contribution in [0, 0.1) is 0 Å². The molecular weight excluding hydrogens is 230 g/mol. The summed E-state index contributed by atoms with van der Waals surface area (Å²) in [6.07, 6.45) is 1.37. The van der Waals surface area contributed by atoms with Crippen LogP contribution in [0.3, 0.4) is 0 Å². The van der Waals surface area contributed by atoms with Crippen molar-refractivity contribution in [2.24, 2.45) is 5.73 Å². The molecule has 0 aliphatic carbocycles. The topological polar surface area (TPSA) is 69.4 Å². The van der Waals surface area contributed by atoms with Crippen LogP contribution in [0.15, 0.2) is 24.3 Å². The summed E-state index contributed by atoms with van der Waals surface area (Å²) in [5.41, 5.74) is 5.98. The molecule has 0 spiro atoms. The molecule has 0 amide bonds. The molecule has 4 nitrogen and oxygen atoms in total. The molecule has 0 saturated carbocycles. The zero-order valence-corrected chi connectivity index (χ0v) is 10.6. The number of hydrogen-bond acceptors (Lipinski definition) is 4. The number of nitrogens with two attached hydrogens (primary N) is 1.